The molecule has 1 aromatic carbocycles. The number of aromatic nitrogens is 2. The normalized spacial score (nSPS) is 10.1. The first-order valence-corrected chi connectivity index (χ1v) is 6.34. The van der Waals surface area contributed by atoms with Gasteiger partial charge in [0.05, 0.1) is 17.0 Å². The number of carbonyl (C=O) groups is 1. The lowest BCUT2D eigenvalue weighted by molar-refractivity contribution is -0.384. The van der Waals surface area contributed by atoms with Crippen molar-refractivity contribution >= 4 is 17.3 Å². The maximum absolute atomic E-state index is 12.1. The minimum Gasteiger partial charge on any atom is -0.382 e. The molecule has 8 heteroatoms. The minimum atomic E-state index is -0.521. The van der Waals surface area contributed by atoms with Gasteiger partial charge in [0, 0.05) is 32.1 Å². The smallest absolute Gasteiger partial charge is 0.293 e. The Bertz CT molecular complexity index is 639. The SMILES string of the molecule is CNc1c(C(=O)NCCn2cccn2)cccc1[N+](=O)[O-]. The average Bonchev–Trinajstić information content (AvgIpc) is 2.99. The Hall–Kier alpha value is -2.90. The van der Waals surface area contributed by atoms with Crippen LogP contribution in [0.2, 0.25) is 0 Å². The summed E-state index contributed by atoms with van der Waals surface area (Å²) in [4.78, 5) is 22.6. The molecule has 1 amide bonds. The summed E-state index contributed by atoms with van der Waals surface area (Å²) in [6.45, 7) is 0.912. The van der Waals surface area contributed by atoms with Crippen molar-refractivity contribution in [1.29, 1.82) is 0 Å². The van der Waals surface area contributed by atoms with Gasteiger partial charge in [0.1, 0.15) is 5.69 Å². The number of hydrogen-bond donors (Lipinski definition) is 2. The first kappa shape index (κ1) is 14.5. The summed E-state index contributed by atoms with van der Waals surface area (Å²) in [5.74, 6) is -0.366. The number of nitrogens with one attached hydrogen (secondary N) is 2. The number of hydrogen-bond acceptors (Lipinski definition) is 5. The van der Waals surface area contributed by atoms with E-state index in [1.165, 1.54) is 12.1 Å². The van der Waals surface area contributed by atoms with E-state index in [-0.39, 0.29) is 22.8 Å². The van der Waals surface area contributed by atoms with Crippen molar-refractivity contribution < 1.29 is 9.72 Å². The quantitative estimate of drug-likeness (QED) is 0.615. The van der Waals surface area contributed by atoms with Gasteiger partial charge in [-0.3, -0.25) is 19.6 Å². The molecule has 0 aliphatic heterocycles. The van der Waals surface area contributed by atoms with Gasteiger partial charge in [-0.25, -0.2) is 0 Å². The zero-order valence-corrected chi connectivity index (χ0v) is 11.4. The highest BCUT2D eigenvalue weighted by Crippen LogP contribution is 2.27. The Kier molecular flexibility index (Phi) is 4.50. The van der Waals surface area contributed by atoms with Crippen LogP contribution in [0, 0.1) is 10.1 Å². The molecule has 0 bridgehead atoms. The first-order chi connectivity index (χ1) is 10.1. The van der Waals surface area contributed by atoms with Crippen LogP contribution in [0.4, 0.5) is 11.4 Å². The fourth-order valence-corrected chi connectivity index (χ4v) is 1.96. The van der Waals surface area contributed by atoms with Gasteiger partial charge in [-0.2, -0.15) is 5.10 Å². The molecule has 0 unspecified atom stereocenters. The van der Waals surface area contributed by atoms with Gasteiger partial charge in [-0.05, 0) is 12.1 Å². The molecule has 1 aromatic heterocycles. The molecule has 2 rings (SSSR count). The number of benzene rings is 1. The Balaban J connectivity index is 2.08. The third-order valence-corrected chi connectivity index (χ3v) is 2.92. The molecule has 2 aromatic rings. The highest BCUT2D eigenvalue weighted by molar-refractivity contribution is 6.01. The highest BCUT2D eigenvalue weighted by atomic mass is 16.6. The van der Waals surface area contributed by atoms with Crippen molar-refractivity contribution in [2.24, 2.45) is 0 Å². The zero-order valence-electron chi connectivity index (χ0n) is 11.4. The monoisotopic (exact) mass is 289 g/mol. The molecule has 0 aliphatic rings. The molecule has 8 nitrogen and oxygen atoms in total. The minimum absolute atomic E-state index is 0.128. The number of nitrogens with zero attached hydrogens (tertiary/aromatic N) is 3. The van der Waals surface area contributed by atoms with E-state index in [4.69, 9.17) is 0 Å². The summed E-state index contributed by atoms with van der Waals surface area (Å²) in [6.07, 6.45) is 3.44. The van der Waals surface area contributed by atoms with Crippen molar-refractivity contribution in [3.05, 3.63) is 52.3 Å². The number of nitro groups is 1. The van der Waals surface area contributed by atoms with Crippen LogP contribution in [-0.4, -0.2) is 34.2 Å². The van der Waals surface area contributed by atoms with Crippen LogP contribution < -0.4 is 10.6 Å². The van der Waals surface area contributed by atoms with Gasteiger partial charge >= 0.3 is 0 Å². The molecule has 0 radical (unpaired) electrons. The summed E-state index contributed by atoms with van der Waals surface area (Å²) < 4.78 is 1.69. The molecule has 0 spiro atoms. The Morgan fingerprint density at radius 2 is 2.24 bits per heavy atom. The molecule has 1 heterocycles. The first-order valence-electron chi connectivity index (χ1n) is 6.34. The van der Waals surface area contributed by atoms with Crippen LogP contribution in [-0.2, 0) is 6.54 Å². The van der Waals surface area contributed by atoms with Crippen molar-refractivity contribution in [2.45, 2.75) is 6.54 Å². The number of para-hydroxylation sites is 1. The third-order valence-electron chi connectivity index (χ3n) is 2.92. The molecular weight excluding hydrogens is 274 g/mol. The highest BCUT2D eigenvalue weighted by Gasteiger charge is 2.20. The fraction of sp³-hybridized carbons (Fsp3) is 0.231. The lowest BCUT2D eigenvalue weighted by atomic mass is 10.1. The summed E-state index contributed by atoms with van der Waals surface area (Å²) in [7, 11) is 1.54. The topological polar surface area (TPSA) is 102 Å². The molecular formula is C13H15N5O3. The zero-order chi connectivity index (χ0) is 15.2. The van der Waals surface area contributed by atoms with Gasteiger partial charge in [0.25, 0.3) is 11.6 Å². The lowest BCUT2D eigenvalue weighted by Gasteiger charge is -2.10. The van der Waals surface area contributed by atoms with Crippen LogP contribution in [0.15, 0.2) is 36.7 Å². The summed E-state index contributed by atoms with van der Waals surface area (Å²) in [5, 5.41) is 20.4. The van der Waals surface area contributed by atoms with E-state index in [9.17, 15) is 14.9 Å². The molecule has 110 valence electrons. The summed E-state index contributed by atoms with van der Waals surface area (Å²) in [6, 6.07) is 6.18. The Morgan fingerprint density at radius 3 is 2.86 bits per heavy atom. The van der Waals surface area contributed by atoms with Gasteiger partial charge in [0.2, 0.25) is 0 Å². The molecule has 0 aliphatic carbocycles. The number of amides is 1. The van der Waals surface area contributed by atoms with E-state index < -0.39 is 4.92 Å². The number of rotatable bonds is 6. The average molecular weight is 289 g/mol. The third kappa shape index (κ3) is 3.35. The van der Waals surface area contributed by atoms with E-state index in [1.54, 1.807) is 36.3 Å². The van der Waals surface area contributed by atoms with Crippen LogP contribution in [0.5, 0.6) is 0 Å². The molecule has 0 saturated heterocycles. The van der Waals surface area contributed by atoms with Gasteiger partial charge in [-0.1, -0.05) is 6.07 Å². The van der Waals surface area contributed by atoms with Crippen LogP contribution in [0.3, 0.4) is 0 Å². The maximum atomic E-state index is 12.1. The van der Waals surface area contributed by atoms with Crippen LogP contribution in [0.1, 0.15) is 10.4 Å². The lowest BCUT2D eigenvalue weighted by Crippen LogP contribution is -2.28. The molecule has 21 heavy (non-hydrogen) atoms. The summed E-state index contributed by atoms with van der Waals surface area (Å²) in [5.41, 5.74) is 0.323. The van der Waals surface area contributed by atoms with Crippen LogP contribution in [0.25, 0.3) is 0 Å². The number of carbonyl (C=O) groups excluding carboxylic acids is 1. The van der Waals surface area contributed by atoms with Gasteiger partial charge in [0.15, 0.2) is 0 Å². The van der Waals surface area contributed by atoms with E-state index >= 15 is 0 Å². The van der Waals surface area contributed by atoms with E-state index in [2.05, 4.69) is 15.7 Å². The van der Waals surface area contributed by atoms with E-state index in [0.29, 0.717) is 13.1 Å². The second-order valence-electron chi connectivity index (χ2n) is 4.23. The fourth-order valence-electron chi connectivity index (χ4n) is 1.96. The van der Waals surface area contributed by atoms with E-state index in [0.717, 1.165) is 0 Å². The van der Waals surface area contributed by atoms with Crippen molar-refractivity contribution in [2.75, 3.05) is 18.9 Å². The summed E-state index contributed by atoms with van der Waals surface area (Å²) >= 11 is 0. The van der Waals surface area contributed by atoms with Gasteiger partial charge in [-0.15, -0.1) is 0 Å². The van der Waals surface area contributed by atoms with Crippen LogP contribution >= 0.6 is 0 Å². The maximum Gasteiger partial charge on any atom is 0.293 e. The van der Waals surface area contributed by atoms with Gasteiger partial charge < -0.3 is 10.6 Å². The number of nitro benzene ring substituents is 1. The van der Waals surface area contributed by atoms with Crippen molar-refractivity contribution in [1.82, 2.24) is 15.1 Å². The van der Waals surface area contributed by atoms with Crippen molar-refractivity contribution in [3.63, 3.8) is 0 Å². The number of anilines is 1. The van der Waals surface area contributed by atoms with E-state index in [1.807, 2.05) is 0 Å². The molecule has 2 N–H and O–H groups in total. The molecule has 0 fully saturated rings. The van der Waals surface area contributed by atoms with Crippen molar-refractivity contribution in [3.8, 4) is 0 Å². The second kappa shape index (κ2) is 6.51. The Labute approximate surface area is 120 Å². The Morgan fingerprint density at radius 1 is 1.43 bits per heavy atom. The predicted octanol–water partition coefficient (Wildman–Crippen LogP) is 1.26. The largest absolute Gasteiger partial charge is 0.382 e. The second-order valence-corrected chi connectivity index (χ2v) is 4.23. The predicted molar refractivity (Wildman–Crippen MR) is 77.2 cm³/mol. The standard InChI is InChI=1S/C13H15N5O3/c1-14-12-10(4-2-5-11(12)18(20)21)13(19)15-7-9-17-8-3-6-16-17/h2-6,8,14H,7,9H2,1H3,(H,15,19). The molecule has 0 saturated carbocycles. The molecule has 0 atom stereocenters.